The van der Waals surface area contributed by atoms with Gasteiger partial charge >= 0.3 is 32.3 Å². The predicted octanol–water partition coefficient (Wildman–Crippen LogP) is -4.84. The van der Waals surface area contributed by atoms with Gasteiger partial charge in [-0.3, -0.25) is 4.57 Å². The van der Waals surface area contributed by atoms with Crippen LogP contribution in [0.15, 0.2) is 33.5 Å². The van der Waals surface area contributed by atoms with Crippen LogP contribution in [0, 0.1) is 6.92 Å². The molecule has 0 amide bonds. The second-order valence-corrected chi connectivity index (χ2v) is 7.76. The number of aliphatic hydroxyl groups excluding tert-OH is 5. The van der Waals surface area contributed by atoms with Crippen LogP contribution in [0.2, 0.25) is 0 Å². The van der Waals surface area contributed by atoms with E-state index >= 15 is 0 Å². The number of hydrogen-bond acceptors (Lipinski definition) is 11. The first kappa shape index (κ1) is 24.1. The fraction of sp³-hybridized carbons (Fsp3) is 0.438. The Kier molecular flexibility index (Phi) is 7.36. The van der Waals surface area contributed by atoms with Gasteiger partial charge in [-0.05, 0) is 24.6 Å². The third kappa shape index (κ3) is 4.92. The summed E-state index contributed by atoms with van der Waals surface area (Å²) in [7, 11) is -5.23. The molecule has 29 heavy (non-hydrogen) atoms. The summed E-state index contributed by atoms with van der Waals surface area (Å²) in [6, 6.07) is 5.13. The molecule has 0 saturated heterocycles. The minimum atomic E-state index is -5.23. The summed E-state index contributed by atoms with van der Waals surface area (Å²) in [5.74, 6) is -0.277. The molecule has 0 aliphatic heterocycles. The normalized spacial score (nSPS) is 31.7. The molecule has 5 atom stereocenters. The molecule has 13 heteroatoms. The molecule has 154 valence electrons. The molecule has 1 fully saturated rings. The summed E-state index contributed by atoms with van der Waals surface area (Å²) in [4.78, 5) is 23.6. The zero-order valence-electron chi connectivity index (χ0n) is 15.4. The second-order valence-electron chi connectivity index (χ2n) is 6.47. The summed E-state index contributed by atoms with van der Waals surface area (Å²) < 4.78 is 26.5. The van der Waals surface area contributed by atoms with Crippen molar-refractivity contribution in [2.24, 2.45) is 0 Å². The van der Waals surface area contributed by atoms with Gasteiger partial charge in [-0.1, -0.05) is 0 Å². The molecule has 2 aromatic rings. The number of phosphoric acid groups is 1. The van der Waals surface area contributed by atoms with Gasteiger partial charge in [-0.2, -0.15) is 0 Å². The van der Waals surface area contributed by atoms with E-state index in [1.807, 2.05) is 0 Å². The Morgan fingerprint density at radius 1 is 1.00 bits per heavy atom. The van der Waals surface area contributed by atoms with Crippen LogP contribution in [0.4, 0.5) is 0 Å². The second kappa shape index (κ2) is 8.87. The molecule has 1 aliphatic carbocycles. The topological polar surface area (TPSA) is 190 Å². The third-order valence-corrected chi connectivity index (χ3v) is 5.40. The summed E-state index contributed by atoms with van der Waals surface area (Å²) >= 11 is 0. The van der Waals surface area contributed by atoms with Crippen LogP contribution >= 0.6 is 7.82 Å². The Morgan fingerprint density at radius 2 is 1.55 bits per heavy atom. The van der Waals surface area contributed by atoms with Crippen molar-refractivity contribution < 1.29 is 67.3 Å². The van der Waals surface area contributed by atoms with Crippen molar-refractivity contribution in [1.29, 1.82) is 0 Å². The first-order chi connectivity index (χ1) is 13.0. The smallest absolute Gasteiger partial charge is 0.746 e. The molecule has 1 heterocycles. The van der Waals surface area contributed by atoms with Gasteiger partial charge in [-0.15, -0.1) is 0 Å². The van der Waals surface area contributed by atoms with Crippen molar-refractivity contribution in [3.63, 3.8) is 0 Å². The Bertz CT molecular complexity index is 963. The minimum absolute atomic E-state index is 0. The van der Waals surface area contributed by atoms with Gasteiger partial charge in [-0.25, -0.2) is 4.79 Å². The molecule has 3 rings (SSSR count). The summed E-state index contributed by atoms with van der Waals surface area (Å²) in [5, 5.41) is 49.0. The molecule has 5 unspecified atom stereocenters. The van der Waals surface area contributed by atoms with Crippen molar-refractivity contribution in [1.82, 2.24) is 0 Å². The molecular weight excluding hydrogens is 406 g/mol. The Balaban J connectivity index is 0.00000300. The number of phosphoric ester groups is 1. The van der Waals surface area contributed by atoms with Gasteiger partial charge in [0.25, 0.3) is 0 Å². The maximum absolute atomic E-state index is 12.2. The van der Waals surface area contributed by atoms with Crippen molar-refractivity contribution in [2.75, 3.05) is 0 Å². The van der Waals surface area contributed by atoms with Crippen LogP contribution in [0.5, 0.6) is 5.75 Å². The summed E-state index contributed by atoms with van der Waals surface area (Å²) in [6.07, 6.45) is -11.8. The van der Waals surface area contributed by atoms with E-state index < -0.39 is 50.1 Å². The largest absolute Gasteiger partial charge is 1.00 e. The fourth-order valence-corrected chi connectivity index (χ4v) is 3.95. The Morgan fingerprint density at radius 3 is 2.14 bits per heavy atom. The molecular formula is C16H18LiO11P. The average molecular weight is 424 g/mol. The minimum Gasteiger partial charge on any atom is -0.746 e. The molecule has 1 aliphatic rings. The van der Waals surface area contributed by atoms with E-state index in [0.29, 0.717) is 10.9 Å². The van der Waals surface area contributed by atoms with Crippen LogP contribution in [0.3, 0.4) is 0 Å². The zero-order chi connectivity index (χ0) is 20.8. The van der Waals surface area contributed by atoms with Crippen LogP contribution in [0.25, 0.3) is 11.0 Å². The van der Waals surface area contributed by atoms with E-state index in [-0.39, 0.29) is 30.2 Å². The van der Waals surface area contributed by atoms with Gasteiger partial charge < -0.3 is 43.9 Å². The van der Waals surface area contributed by atoms with Gasteiger partial charge in [0.2, 0.25) is 0 Å². The molecule has 0 radical (unpaired) electrons. The van der Waals surface area contributed by atoms with E-state index in [1.165, 1.54) is 18.2 Å². The standard InChI is InChI=1S/C16H19O11P.Li/c1-6-4-10(17)25-9-5-7(2-3-8(6)9)26-28(23,24)27-16-14(21)12(19)11(18)13(20)15(16)22;/h2-5,11-16,18-22H,1H3,(H,23,24);/q;+1/p-1. The number of aliphatic hydroxyl groups is 5. The first-order valence-corrected chi connectivity index (χ1v) is 9.60. The quantitative estimate of drug-likeness (QED) is 0.180. The average Bonchev–Trinajstić information content (AvgIpc) is 2.61. The molecule has 0 spiro atoms. The number of hydrogen-bond donors (Lipinski definition) is 5. The maximum Gasteiger partial charge on any atom is 1.00 e. The molecule has 11 nitrogen and oxygen atoms in total. The van der Waals surface area contributed by atoms with E-state index in [1.54, 1.807) is 6.92 Å². The molecule has 5 N–H and O–H groups in total. The monoisotopic (exact) mass is 424 g/mol. The van der Waals surface area contributed by atoms with Crippen LogP contribution < -0.4 is 33.9 Å². The SMILES string of the molecule is Cc1cc(=O)oc2cc(OP(=O)([O-])OC3C(O)C(O)C(O)C(O)C3O)ccc12.[Li+]. The summed E-state index contributed by atoms with van der Waals surface area (Å²) in [6.45, 7) is 1.66. The number of rotatable bonds is 4. The maximum atomic E-state index is 12.2. The van der Waals surface area contributed by atoms with E-state index in [0.717, 1.165) is 6.07 Å². The molecule has 0 bridgehead atoms. The van der Waals surface area contributed by atoms with Crippen LogP contribution in [-0.4, -0.2) is 62.2 Å². The van der Waals surface area contributed by atoms with E-state index in [2.05, 4.69) is 4.52 Å². The number of aryl methyl sites for hydroxylation is 1. The van der Waals surface area contributed by atoms with E-state index in [4.69, 9.17) is 8.94 Å². The summed E-state index contributed by atoms with van der Waals surface area (Å²) in [5.41, 5.74) is 0.0298. The van der Waals surface area contributed by atoms with Crippen molar-refractivity contribution >= 4 is 18.8 Å². The first-order valence-electron chi connectivity index (χ1n) is 8.14. The molecule has 1 aromatic heterocycles. The predicted molar refractivity (Wildman–Crippen MR) is 90.4 cm³/mol. The fourth-order valence-electron chi connectivity index (χ4n) is 2.98. The molecule has 1 saturated carbocycles. The third-order valence-electron chi connectivity index (χ3n) is 4.46. The van der Waals surface area contributed by atoms with Gasteiger partial charge in [0.1, 0.15) is 48.0 Å². The van der Waals surface area contributed by atoms with E-state index in [9.17, 15) is 39.8 Å². The van der Waals surface area contributed by atoms with Crippen molar-refractivity contribution in [2.45, 2.75) is 43.5 Å². The number of fused-ring (bicyclic) bond motifs is 1. The van der Waals surface area contributed by atoms with Crippen molar-refractivity contribution in [3.8, 4) is 5.75 Å². The Hall–Kier alpha value is -1.22. The number of benzene rings is 1. The van der Waals surface area contributed by atoms with Crippen LogP contribution in [0.1, 0.15) is 5.56 Å². The zero-order valence-corrected chi connectivity index (χ0v) is 16.3. The Labute approximate surface area is 175 Å². The van der Waals surface area contributed by atoms with Crippen LogP contribution in [-0.2, 0) is 9.09 Å². The van der Waals surface area contributed by atoms with Gasteiger partial charge in [0.05, 0.1) is 0 Å². The van der Waals surface area contributed by atoms with Crippen molar-refractivity contribution in [3.05, 3.63) is 40.2 Å². The van der Waals surface area contributed by atoms with Gasteiger partial charge in [0.15, 0.2) is 0 Å². The van der Waals surface area contributed by atoms with Gasteiger partial charge in [0, 0.05) is 17.5 Å². The molecule has 1 aromatic carbocycles.